The Hall–Kier alpha value is -0.480. The Morgan fingerprint density at radius 1 is 0.737 bits per heavy atom. The molecule has 1 nitrogen and oxygen atoms in total. The molecular weight excluding hydrogens is 232 g/mol. The molecule has 0 aromatic carbocycles. The summed E-state index contributed by atoms with van der Waals surface area (Å²) in [5.41, 5.74) is 0. The first kappa shape index (κ1) is 18.5. The van der Waals surface area contributed by atoms with E-state index in [1.54, 1.807) is 0 Å². The summed E-state index contributed by atoms with van der Waals surface area (Å²) in [4.78, 5) is 0. The quantitative estimate of drug-likeness (QED) is 0.367. The molecule has 112 valence electrons. The van der Waals surface area contributed by atoms with E-state index in [2.05, 4.69) is 25.7 Å². The molecule has 0 spiro atoms. The highest BCUT2D eigenvalue weighted by Gasteiger charge is 1.94. The van der Waals surface area contributed by atoms with Crippen LogP contribution in [0.1, 0.15) is 97.3 Å². The summed E-state index contributed by atoms with van der Waals surface area (Å²) >= 11 is 0. The van der Waals surface area contributed by atoms with Crippen LogP contribution in [-0.2, 0) is 0 Å². The number of hydrogen-bond donors (Lipinski definition) is 1. The predicted molar refractivity (Wildman–Crippen MR) is 85.2 cm³/mol. The van der Waals surface area contributed by atoms with Gasteiger partial charge in [-0.15, -0.1) is 5.92 Å². The molecule has 0 aromatic heterocycles. The summed E-state index contributed by atoms with van der Waals surface area (Å²) in [6.45, 7) is 4.34. The third-order valence-corrected chi connectivity index (χ3v) is 3.49. The van der Waals surface area contributed by atoms with Crippen LogP contribution in [-0.4, -0.2) is 11.2 Å². The molecular formula is C18H34O. The molecule has 0 aliphatic heterocycles. The Bertz CT molecular complexity index is 224. The lowest BCUT2D eigenvalue weighted by Crippen LogP contribution is -2.00. The standard InChI is InChI=1S/C18H34O/c1-3-5-6-7-8-9-10-11-12-13-14-15-17-18(19)16-4-2/h18-19H,3-14,16H2,1-2H3. The second kappa shape index (κ2) is 15.6. The third-order valence-electron chi connectivity index (χ3n) is 3.49. The SMILES string of the molecule is CCCCCCCCCCCCC#CC(O)CCC. The van der Waals surface area contributed by atoms with Gasteiger partial charge in [-0.2, -0.15) is 0 Å². The van der Waals surface area contributed by atoms with E-state index in [1.165, 1.54) is 64.2 Å². The molecule has 0 bridgehead atoms. The van der Waals surface area contributed by atoms with Crippen molar-refractivity contribution in [1.82, 2.24) is 0 Å². The number of rotatable bonds is 12. The minimum absolute atomic E-state index is 0.395. The lowest BCUT2D eigenvalue weighted by Gasteiger charge is -2.01. The van der Waals surface area contributed by atoms with Crippen LogP contribution in [0.3, 0.4) is 0 Å². The van der Waals surface area contributed by atoms with Gasteiger partial charge in [-0.3, -0.25) is 0 Å². The van der Waals surface area contributed by atoms with Crippen LogP contribution in [0, 0.1) is 11.8 Å². The monoisotopic (exact) mass is 266 g/mol. The molecule has 1 unspecified atom stereocenters. The summed E-state index contributed by atoms with van der Waals surface area (Å²) in [6.07, 6.45) is 16.0. The van der Waals surface area contributed by atoms with E-state index in [0.29, 0.717) is 0 Å². The first-order chi connectivity index (χ1) is 9.31. The topological polar surface area (TPSA) is 20.2 Å². The molecule has 1 atom stereocenters. The molecule has 0 saturated carbocycles. The Labute approximate surface area is 121 Å². The molecule has 0 aromatic rings. The summed E-state index contributed by atoms with van der Waals surface area (Å²) in [6, 6.07) is 0. The fourth-order valence-corrected chi connectivity index (χ4v) is 2.24. The minimum Gasteiger partial charge on any atom is -0.380 e. The highest BCUT2D eigenvalue weighted by Crippen LogP contribution is 2.11. The summed E-state index contributed by atoms with van der Waals surface area (Å²) in [5.74, 6) is 6.02. The van der Waals surface area contributed by atoms with E-state index in [1.807, 2.05) is 0 Å². The third kappa shape index (κ3) is 15.5. The first-order valence-corrected chi connectivity index (χ1v) is 8.47. The van der Waals surface area contributed by atoms with Crippen LogP contribution >= 0.6 is 0 Å². The van der Waals surface area contributed by atoms with Crippen LogP contribution in [0.2, 0.25) is 0 Å². The van der Waals surface area contributed by atoms with Crippen molar-refractivity contribution in [2.45, 2.75) is 103 Å². The van der Waals surface area contributed by atoms with Gasteiger partial charge in [-0.05, 0) is 12.8 Å². The van der Waals surface area contributed by atoms with Crippen molar-refractivity contribution in [3.05, 3.63) is 0 Å². The summed E-state index contributed by atoms with van der Waals surface area (Å²) < 4.78 is 0. The van der Waals surface area contributed by atoms with E-state index in [4.69, 9.17) is 0 Å². The Balaban J connectivity index is 3.14. The smallest absolute Gasteiger partial charge is 0.114 e. The van der Waals surface area contributed by atoms with Crippen LogP contribution in [0.15, 0.2) is 0 Å². The van der Waals surface area contributed by atoms with Gasteiger partial charge in [-0.1, -0.05) is 84.0 Å². The van der Waals surface area contributed by atoms with Gasteiger partial charge in [0.25, 0.3) is 0 Å². The van der Waals surface area contributed by atoms with Gasteiger partial charge in [-0.25, -0.2) is 0 Å². The number of aliphatic hydroxyl groups is 1. The van der Waals surface area contributed by atoms with Crippen LogP contribution in [0.4, 0.5) is 0 Å². The zero-order valence-electron chi connectivity index (χ0n) is 13.2. The lowest BCUT2D eigenvalue weighted by atomic mass is 10.1. The number of aliphatic hydroxyl groups excluding tert-OH is 1. The number of hydrogen-bond acceptors (Lipinski definition) is 1. The molecule has 0 aliphatic carbocycles. The molecule has 1 N–H and O–H groups in total. The van der Waals surface area contributed by atoms with Crippen LogP contribution < -0.4 is 0 Å². The molecule has 19 heavy (non-hydrogen) atoms. The van der Waals surface area contributed by atoms with E-state index in [9.17, 15) is 5.11 Å². The largest absolute Gasteiger partial charge is 0.380 e. The molecule has 0 rings (SSSR count). The highest BCUT2D eigenvalue weighted by atomic mass is 16.3. The van der Waals surface area contributed by atoms with E-state index >= 15 is 0 Å². The van der Waals surface area contributed by atoms with E-state index in [0.717, 1.165) is 19.3 Å². The maximum absolute atomic E-state index is 9.44. The fraction of sp³-hybridized carbons (Fsp3) is 0.889. The first-order valence-electron chi connectivity index (χ1n) is 8.47. The van der Waals surface area contributed by atoms with Gasteiger partial charge >= 0.3 is 0 Å². The van der Waals surface area contributed by atoms with E-state index in [-0.39, 0.29) is 0 Å². The van der Waals surface area contributed by atoms with Gasteiger partial charge in [0, 0.05) is 6.42 Å². The predicted octanol–water partition coefficient (Wildman–Crippen LogP) is 5.46. The zero-order chi connectivity index (χ0) is 14.2. The number of unbranched alkanes of at least 4 members (excludes halogenated alkanes) is 10. The lowest BCUT2D eigenvalue weighted by molar-refractivity contribution is 0.221. The molecule has 0 amide bonds. The van der Waals surface area contributed by atoms with Crippen molar-refractivity contribution in [2.24, 2.45) is 0 Å². The molecule has 0 heterocycles. The van der Waals surface area contributed by atoms with Crippen LogP contribution in [0.5, 0.6) is 0 Å². The highest BCUT2D eigenvalue weighted by molar-refractivity contribution is 5.04. The van der Waals surface area contributed by atoms with Crippen molar-refractivity contribution >= 4 is 0 Å². The van der Waals surface area contributed by atoms with Gasteiger partial charge in [0.15, 0.2) is 0 Å². The molecule has 1 heteroatoms. The van der Waals surface area contributed by atoms with E-state index < -0.39 is 6.10 Å². The Kier molecular flexibility index (Phi) is 15.2. The summed E-state index contributed by atoms with van der Waals surface area (Å²) in [5, 5.41) is 9.44. The second-order valence-electron chi connectivity index (χ2n) is 5.56. The second-order valence-corrected chi connectivity index (χ2v) is 5.56. The van der Waals surface area contributed by atoms with Crippen molar-refractivity contribution in [3.63, 3.8) is 0 Å². The molecule has 0 saturated heterocycles. The van der Waals surface area contributed by atoms with Gasteiger partial charge < -0.3 is 5.11 Å². The maximum Gasteiger partial charge on any atom is 0.114 e. The molecule has 0 radical (unpaired) electrons. The minimum atomic E-state index is -0.395. The van der Waals surface area contributed by atoms with Crippen molar-refractivity contribution in [2.75, 3.05) is 0 Å². The zero-order valence-corrected chi connectivity index (χ0v) is 13.2. The van der Waals surface area contributed by atoms with Gasteiger partial charge in [0.1, 0.15) is 6.10 Å². The van der Waals surface area contributed by atoms with Gasteiger partial charge in [0.05, 0.1) is 0 Å². The van der Waals surface area contributed by atoms with Crippen molar-refractivity contribution < 1.29 is 5.11 Å². The van der Waals surface area contributed by atoms with Crippen molar-refractivity contribution in [3.8, 4) is 11.8 Å². The average Bonchev–Trinajstić information content (AvgIpc) is 2.40. The Morgan fingerprint density at radius 3 is 1.79 bits per heavy atom. The van der Waals surface area contributed by atoms with Crippen LogP contribution in [0.25, 0.3) is 0 Å². The average molecular weight is 266 g/mol. The Morgan fingerprint density at radius 2 is 1.26 bits per heavy atom. The van der Waals surface area contributed by atoms with Gasteiger partial charge in [0.2, 0.25) is 0 Å². The fourth-order valence-electron chi connectivity index (χ4n) is 2.24. The maximum atomic E-state index is 9.44. The molecule has 0 aliphatic rings. The molecule has 0 fully saturated rings. The normalized spacial score (nSPS) is 11.9. The van der Waals surface area contributed by atoms with Crippen molar-refractivity contribution in [1.29, 1.82) is 0 Å². The summed E-state index contributed by atoms with van der Waals surface area (Å²) in [7, 11) is 0.